The number of methoxy groups -OCH3 is 1. The molecule has 0 radical (unpaired) electrons. The third-order valence-electron chi connectivity index (χ3n) is 4.15. The van der Waals surface area contributed by atoms with Crippen LogP contribution in [0.2, 0.25) is 0 Å². The minimum absolute atomic E-state index is 0.209. The number of hydrogen-bond acceptors (Lipinski definition) is 4. The molecule has 5 nitrogen and oxygen atoms in total. The summed E-state index contributed by atoms with van der Waals surface area (Å²) in [5.74, 6) is 0. The Labute approximate surface area is 138 Å². The van der Waals surface area contributed by atoms with E-state index in [1.165, 1.54) is 0 Å². The summed E-state index contributed by atoms with van der Waals surface area (Å²) in [6.07, 6.45) is 3.82. The fourth-order valence-corrected chi connectivity index (χ4v) is 2.90. The summed E-state index contributed by atoms with van der Waals surface area (Å²) in [5.41, 5.74) is 0.998. The van der Waals surface area contributed by atoms with Crippen LogP contribution in [0.1, 0.15) is 38.2 Å². The van der Waals surface area contributed by atoms with E-state index in [1.807, 2.05) is 30.3 Å². The lowest BCUT2D eigenvalue weighted by atomic mass is 9.86. The first kappa shape index (κ1) is 17.8. The monoisotopic (exact) mass is 320 g/mol. The Kier molecular flexibility index (Phi) is 7.36. The number of carbonyl (C=O) groups is 1. The highest BCUT2D eigenvalue weighted by Gasteiger charge is 2.31. The Balaban J connectivity index is 1.60. The lowest BCUT2D eigenvalue weighted by Gasteiger charge is -2.38. The van der Waals surface area contributed by atoms with Crippen LogP contribution >= 0.6 is 0 Å². The normalized spacial score (nSPS) is 21.3. The maximum Gasteiger partial charge on any atom is 0.407 e. The van der Waals surface area contributed by atoms with Crippen LogP contribution in [0.4, 0.5) is 4.79 Å². The lowest BCUT2D eigenvalue weighted by Crippen LogP contribution is -2.55. The van der Waals surface area contributed by atoms with Crippen molar-refractivity contribution in [3.05, 3.63) is 35.9 Å². The second-order valence-corrected chi connectivity index (χ2v) is 6.18. The van der Waals surface area contributed by atoms with Gasteiger partial charge in [-0.05, 0) is 24.8 Å². The van der Waals surface area contributed by atoms with Crippen LogP contribution in [0.5, 0.6) is 0 Å². The predicted molar refractivity (Wildman–Crippen MR) is 90.3 cm³/mol. The first-order valence-corrected chi connectivity index (χ1v) is 8.43. The van der Waals surface area contributed by atoms with Gasteiger partial charge in [-0.3, -0.25) is 0 Å². The molecule has 0 bridgehead atoms. The molecule has 1 aliphatic rings. The second kappa shape index (κ2) is 9.53. The Hall–Kier alpha value is -1.59. The zero-order valence-corrected chi connectivity index (χ0v) is 14.1. The molecule has 1 aromatic rings. The molecule has 1 saturated carbocycles. The molecule has 1 aliphatic carbocycles. The van der Waals surface area contributed by atoms with Crippen LogP contribution in [-0.4, -0.2) is 37.9 Å². The number of alkyl carbamates (subject to hydrolysis) is 1. The van der Waals surface area contributed by atoms with E-state index in [1.54, 1.807) is 7.11 Å². The average molecular weight is 320 g/mol. The predicted octanol–water partition coefficient (Wildman–Crippen LogP) is 2.85. The molecule has 0 spiro atoms. The molecule has 2 N–H and O–H groups in total. The minimum atomic E-state index is -0.334. The van der Waals surface area contributed by atoms with Crippen LogP contribution in [0, 0.1) is 0 Å². The van der Waals surface area contributed by atoms with Crippen molar-refractivity contribution in [2.24, 2.45) is 0 Å². The summed E-state index contributed by atoms with van der Waals surface area (Å²) in [6, 6.07) is 10.8. The third kappa shape index (κ3) is 6.20. The van der Waals surface area contributed by atoms with Gasteiger partial charge in [0.2, 0.25) is 0 Å². The number of nitrogens with one attached hydrogen (secondary N) is 2. The van der Waals surface area contributed by atoms with Gasteiger partial charge in [0.05, 0.1) is 6.61 Å². The standard InChI is InChI=1S/C18H28N2O3/c1-3-7-15(13-22-2)19-16-10-17(11-16)20-18(21)23-12-14-8-5-4-6-9-14/h4-6,8-9,15-17,19H,3,7,10-13H2,1-2H3,(H,20,21). The number of hydrogen-bond donors (Lipinski definition) is 2. The number of benzene rings is 1. The summed E-state index contributed by atoms with van der Waals surface area (Å²) in [4.78, 5) is 11.8. The first-order chi connectivity index (χ1) is 11.2. The van der Waals surface area contributed by atoms with E-state index < -0.39 is 0 Å². The highest BCUT2D eigenvalue weighted by molar-refractivity contribution is 5.67. The fraction of sp³-hybridized carbons (Fsp3) is 0.611. The van der Waals surface area contributed by atoms with Crippen molar-refractivity contribution in [2.75, 3.05) is 13.7 Å². The van der Waals surface area contributed by atoms with Gasteiger partial charge in [-0.15, -0.1) is 0 Å². The van der Waals surface area contributed by atoms with Gasteiger partial charge in [0.25, 0.3) is 0 Å². The minimum Gasteiger partial charge on any atom is -0.445 e. The van der Waals surface area contributed by atoms with E-state index in [9.17, 15) is 4.79 Å². The Morgan fingerprint density at radius 1 is 1.26 bits per heavy atom. The summed E-state index contributed by atoms with van der Waals surface area (Å²) >= 11 is 0. The van der Waals surface area contributed by atoms with Crippen LogP contribution in [0.15, 0.2) is 30.3 Å². The van der Waals surface area contributed by atoms with E-state index in [0.717, 1.165) is 37.9 Å². The van der Waals surface area contributed by atoms with Crippen molar-refractivity contribution < 1.29 is 14.3 Å². The van der Waals surface area contributed by atoms with Crippen molar-refractivity contribution in [2.45, 2.75) is 57.3 Å². The fourth-order valence-electron chi connectivity index (χ4n) is 2.90. The molecule has 23 heavy (non-hydrogen) atoms. The number of rotatable bonds is 9. The van der Waals surface area contributed by atoms with Gasteiger partial charge >= 0.3 is 6.09 Å². The van der Waals surface area contributed by atoms with Crippen LogP contribution in [0.25, 0.3) is 0 Å². The highest BCUT2D eigenvalue weighted by Crippen LogP contribution is 2.21. The molecule has 1 fully saturated rings. The van der Waals surface area contributed by atoms with Crippen molar-refractivity contribution in [3.63, 3.8) is 0 Å². The zero-order chi connectivity index (χ0) is 16.5. The molecule has 0 aliphatic heterocycles. The molecule has 2 rings (SSSR count). The Morgan fingerprint density at radius 3 is 2.65 bits per heavy atom. The quantitative estimate of drug-likeness (QED) is 0.734. The molecule has 1 amide bonds. The Bertz CT molecular complexity index is 455. The molecule has 0 aromatic heterocycles. The topological polar surface area (TPSA) is 59.6 Å². The summed E-state index contributed by atoms with van der Waals surface area (Å²) in [7, 11) is 1.73. The van der Waals surface area contributed by atoms with Crippen LogP contribution < -0.4 is 10.6 Å². The molecular weight excluding hydrogens is 292 g/mol. The van der Waals surface area contributed by atoms with Gasteiger partial charge in [-0.2, -0.15) is 0 Å². The van der Waals surface area contributed by atoms with Gasteiger partial charge in [-0.25, -0.2) is 4.79 Å². The van der Waals surface area contributed by atoms with Gasteiger partial charge in [0.1, 0.15) is 6.61 Å². The largest absolute Gasteiger partial charge is 0.445 e. The van der Waals surface area contributed by atoms with E-state index >= 15 is 0 Å². The van der Waals surface area contributed by atoms with Crippen molar-refractivity contribution in [1.29, 1.82) is 0 Å². The molecule has 0 heterocycles. The summed E-state index contributed by atoms with van der Waals surface area (Å²) in [5, 5.41) is 6.52. The number of carbonyl (C=O) groups excluding carboxylic acids is 1. The summed E-state index contributed by atoms with van der Waals surface area (Å²) < 4.78 is 10.5. The SMILES string of the molecule is CCCC(COC)NC1CC(NC(=O)OCc2ccccc2)C1. The molecule has 5 heteroatoms. The van der Waals surface area contributed by atoms with Gasteiger partial charge in [0, 0.05) is 25.2 Å². The maximum atomic E-state index is 11.8. The molecular formula is C18H28N2O3. The average Bonchev–Trinajstić information content (AvgIpc) is 2.52. The summed E-state index contributed by atoms with van der Waals surface area (Å²) in [6.45, 7) is 3.23. The molecule has 128 valence electrons. The number of ether oxygens (including phenoxy) is 2. The Morgan fingerprint density at radius 2 is 2.00 bits per heavy atom. The number of amides is 1. The molecule has 0 saturated heterocycles. The molecule has 1 aromatic carbocycles. The van der Waals surface area contributed by atoms with Gasteiger partial charge in [0.15, 0.2) is 0 Å². The third-order valence-corrected chi connectivity index (χ3v) is 4.15. The van der Waals surface area contributed by atoms with E-state index in [0.29, 0.717) is 18.7 Å². The van der Waals surface area contributed by atoms with Crippen LogP contribution in [-0.2, 0) is 16.1 Å². The zero-order valence-electron chi connectivity index (χ0n) is 14.1. The van der Waals surface area contributed by atoms with E-state index in [2.05, 4.69) is 17.6 Å². The van der Waals surface area contributed by atoms with Crippen molar-refractivity contribution >= 4 is 6.09 Å². The second-order valence-electron chi connectivity index (χ2n) is 6.18. The van der Waals surface area contributed by atoms with E-state index in [4.69, 9.17) is 9.47 Å². The van der Waals surface area contributed by atoms with Gasteiger partial charge < -0.3 is 20.1 Å². The molecule has 1 atom stereocenters. The van der Waals surface area contributed by atoms with E-state index in [-0.39, 0.29) is 12.1 Å². The lowest BCUT2D eigenvalue weighted by molar-refractivity contribution is 0.116. The van der Waals surface area contributed by atoms with Crippen molar-refractivity contribution in [1.82, 2.24) is 10.6 Å². The van der Waals surface area contributed by atoms with Gasteiger partial charge in [-0.1, -0.05) is 43.7 Å². The first-order valence-electron chi connectivity index (χ1n) is 8.43. The van der Waals surface area contributed by atoms with Crippen LogP contribution in [0.3, 0.4) is 0 Å². The van der Waals surface area contributed by atoms with Crippen molar-refractivity contribution in [3.8, 4) is 0 Å². The maximum absolute atomic E-state index is 11.8. The molecule has 1 unspecified atom stereocenters. The smallest absolute Gasteiger partial charge is 0.407 e. The highest BCUT2D eigenvalue weighted by atomic mass is 16.5.